The zero-order valence-electron chi connectivity index (χ0n) is 7.92. The Kier molecular flexibility index (Phi) is 2.67. The van der Waals surface area contributed by atoms with E-state index in [9.17, 15) is 4.79 Å². The highest BCUT2D eigenvalue weighted by atomic mass is 35.5. The SMILES string of the molecule is CC(Cl)C(=O)c1c[nH]c2nccc(Cl)c12. The van der Waals surface area contributed by atoms with Crippen LogP contribution >= 0.6 is 23.2 Å². The summed E-state index contributed by atoms with van der Waals surface area (Å²) < 4.78 is 0. The van der Waals surface area contributed by atoms with E-state index in [4.69, 9.17) is 23.2 Å². The lowest BCUT2D eigenvalue weighted by Gasteiger charge is -2.01. The van der Waals surface area contributed by atoms with Gasteiger partial charge in [0.2, 0.25) is 0 Å². The molecule has 2 heterocycles. The van der Waals surface area contributed by atoms with Crippen LogP contribution in [-0.4, -0.2) is 21.1 Å². The van der Waals surface area contributed by atoms with Crippen LogP contribution in [0.5, 0.6) is 0 Å². The highest BCUT2D eigenvalue weighted by Gasteiger charge is 2.18. The van der Waals surface area contributed by atoms with Gasteiger partial charge in [-0.3, -0.25) is 4.79 Å². The number of aromatic nitrogens is 2. The number of hydrogen-bond donors (Lipinski definition) is 1. The van der Waals surface area contributed by atoms with Crippen molar-refractivity contribution < 1.29 is 4.79 Å². The fourth-order valence-corrected chi connectivity index (χ4v) is 1.79. The summed E-state index contributed by atoms with van der Waals surface area (Å²) in [6, 6.07) is 1.65. The van der Waals surface area contributed by atoms with Crippen LogP contribution in [0, 0.1) is 0 Å². The minimum atomic E-state index is -0.569. The molecule has 5 heteroatoms. The van der Waals surface area contributed by atoms with Gasteiger partial charge >= 0.3 is 0 Å². The second-order valence-corrected chi connectivity index (χ2v) is 4.26. The molecule has 0 spiro atoms. The molecule has 1 atom stereocenters. The molecule has 0 aromatic carbocycles. The van der Waals surface area contributed by atoms with Crippen LogP contribution in [0.1, 0.15) is 17.3 Å². The number of pyridine rings is 1. The summed E-state index contributed by atoms with van der Waals surface area (Å²) in [6.07, 6.45) is 3.17. The Hall–Kier alpha value is -1.06. The fourth-order valence-electron chi connectivity index (χ4n) is 1.43. The average molecular weight is 243 g/mol. The number of halogens is 2. The number of ketones is 1. The van der Waals surface area contributed by atoms with Gasteiger partial charge in [-0.1, -0.05) is 11.6 Å². The Morgan fingerprint density at radius 2 is 2.33 bits per heavy atom. The number of alkyl halides is 1. The largest absolute Gasteiger partial charge is 0.345 e. The summed E-state index contributed by atoms with van der Waals surface area (Å²) in [5, 5.41) is 0.568. The highest BCUT2D eigenvalue weighted by molar-refractivity contribution is 6.39. The first-order valence-corrected chi connectivity index (χ1v) is 5.22. The lowest BCUT2D eigenvalue weighted by atomic mass is 10.1. The van der Waals surface area contributed by atoms with Gasteiger partial charge in [0.25, 0.3) is 0 Å². The van der Waals surface area contributed by atoms with Crippen molar-refractivity contribution in [2.24, 2.45) is 0 Å². The lowest BCUT2D eigenvalue weighted by molar-refractivity contribution is 0.0993. The number of H-pyrrole nitrogens is 1. The smallest absolute Gasteiger partial charge is 0.182 e. The third-order valence-corrected chi connectivity index (χ3v) is 2.66. The summed E-state index contributed by atoms with van der Waals surface area (Å²) in [6.45, 7) is 1.63. The van der Waals surface area contributed by atoms with Crippen molar-refractivity contribution in [1.82, 2.24) is 9.97 Å². The Bertz CT molecular complexity index is 519. The standard InChI is InChI=1S/C10H8Cl2N2O/c1-5(11)9(15)6-4-14-10-8(6)7(12)2-3-13-10/h2-5H,1H3,(H,13,14). The van der Waals surface area contributed by atoms with Crippen LogP contribution in [0.2, 0.25) is 5.02 Å². The van der Waals surface area contributed by atoms with Crippen LogP contribution in [0.3, 0.4) is 0 Å². The predicted molar refractivity (Wildman–Crippen MR) is 60.7 cm³/mol. The second-order valence-electron chi connectivity index (χ2n) is 3.20. The molecule has 0 amide bonds. The summed E-state index contributed by atoms with van der Waals surface area (Å²) in [5.74, 6) is -0.155. The van der Waals surface area contributed by atoms with E-state index in [1.807, 2.05) is 0 Å². The fraction of sp³-hybridized carbons (Fsp3) is 0.200. The predicted octanol–water partition coefficient (Wildman–Crippen LogP) is 3.03. The molecule has 0 aliphatic rings. The Labute approximate surface area is 96.4 Å². The Morgan fingerprint density at radius 3 is 3.00 bits per heavy atom. The number of Topliss-reactive ketones (excluding diaryl/α,β-unsaturated/α-hetero) is 1. The molecular formula is C10H8Cl2N2O. The molecule has 0 fully saturated rings. The zero-order valence-corrected chi connectivity index (χ0v) is 9.43. The zero-order chi connectivity index (χ0) is 11.0. The van der Waals surface area contributed by atoms with Crippen molar-refractivity contribution in [3.8, 4) is 0 Å². The molecule has 3 nitrogen and oxygen atoms in total. The number of aromatic amines is 1. The van der Waals surface area contributed by atoms with Gasteiger partial charge in [0, 0.05) is 23.3 Å². The molecule has 0 radical (unpaired) electrons. The minimum Gasteiger partial charge on any atom is -0.345 e. The van der Waals surface area contributed by atoms with E-state index in [1.54, 1.807) is 25.4 Å². The number of rotatable bonds is 2. The van der Waals surface area contributed by atoms with Gasteiger partial charge in [-0.05, 0) is 13.0 Å². The number of nitrogens with one attached hydrogen (secondary N) is 1. The molecule has 0 bridgehead atoms. The van der Waals surface area contributed by atoms with Crippen LogP contribution in [-0.2, 0) is 0 Å². The molecule has 78 valence electrons. The molecule has 1 unspecified atom stereocenters. The maximum atomic E-state index is 11.7. The maximum Gasteiger partial charge on any atom is 0.182 e. The summed E-state index contributed by atoms with van der Waals surface area (Å²) in [5.41, 5.74) is 1.09. The van der Waals surface area contributed by atoms with Crippen LogP contribution in [0.25, 0.3) is 11.0 Å². The number of hydrogen-bond acceptors (Lipinski definition) is 2. The van der Waals surface area contributed by atoms with Crippen LogP contribution in [0.15, 0.2) is 18.5 Å². The first kappa shape index (κ1) is 10.5. The van der Waals surface area contributed by atoms with Gasteiger partial charge in [0.1, 0.15) is 5.65 Å². The molecule has 1 N–H and O–H groups in total. The molecule has 0 aliphatic heterocycles. The minimum absolute atomic E-state index is 0.155. The van der Waals surface area contributed by atoms with Gasteiger partial charge in [0.05, 0.1) is 10.4 Å². The van der Waals surface area contributed by atoms with E-state index in [0.29, 0.717) is 21.6 Å². The van der Waals surface area contributed by atoms with Crippen molar-refractivity contribution in [2.45, 2.75) is 12.3 Å². The average Bonchev–Trinajstić information content (AvgIpc) is 2.61. The number of carbonyl (C=O) groups excluding carboxylic acids is 1. The number of carbonyl (C=O) groups is 1. The van der Waals surface area contributed by atoms with E-state index >= 15 is 0 Å². The molecule has 2 rings (SSSR count). The molecule has 2 aromatic heterocycles. The van der Waals surface area contributed by atoms with Gasteiger partial charge in [-0.15, -0.1) is 11.6 Å². The van der Waals surface area contributed by atoms with Crippen molar-refractivity contribution in [3.05, 3.63) is 29.0 Å². The number of fused-ring (bicyclic) bond motifs is 1. The molecule has 0 saturated heterocycles. The van der Waals surface area contributed by atoms with E-state index in [1.165, 1.54) is 0 Å². The van der Waals surface area contributed by atoms with Gasteiger partial charge in [-0.2, -0.15) is 0 Å². The molecule has 2 aromatic rings. The monoisotopic (exact) mass is 242 g/mol. The van der Waals surface area contributed by atoms with E-state index in [0.717, 1.165) is 0 Å². The molecule has 15 heavy (non-hydrogen) atoms. The topological polar surface area (TPSA) is 45.8 Å². The van der Waals surface area contributed by atoms with Crippen molar-refractivity contribution in [3.63, 3.8) is 0 Å². The van der Waals surface area contributed by atoms with Crippen molar-refractivity contribution in [2.75, 3.05) is 0 Å². The molecular weight excluding hydrogens is 235 g/mol. The second kappa shape index (κ2) is 3.83. The molecule has 0 saturated carbocycles. The van der Waals surface area contributed by atoms with Gasteiger partial charge in [-0.25, -0.2) is 4.98 Å². The maximum absolute atomic E-state index is 11.7. The van der Waals surface area contributed by atoms with Crippen LogP contribution < -0.4 is 0 Å². The first-order valence-electron chi connectivity index (χ1n) is 4.41. The Balaban J connectivity index is 2.67. The lowest BCUT2D eigenvalue weighted by Crippen LogP contribution is -2.09. The molecule has 0 aliphatic carbocycles. The number of nitrogens with zero attached hydrogens (tertiary/aromatic N) is 1. The van der Waals surface area contributed by atoms with E-state index in [-0.39, 0.29) is 5.78 Å². The summed E-state index contributed by atoms with van der Waals surface area (Å²) in [7, 11) is 0. The van der Waals surface area contributed by atoms with Gasteiger partial charge in [0.15, 0.2) is 5.78 Å². The first-order chi connectivity index (χ1) is 7.11. The van der Waals surface area contributed by atoms with E-state index < -0.39 is 5.38 Å². The summed E-state index contributed by atoms with van der Waals surface area (Å²) in [4.78, 5) is 18.7. The van der Waals surface area contributed by atoms with Crippen molar-refractivity contribution >= 4 is 40.0 Å². The normalized spacial score (nSPS) is 13.0. The Morgan fingerprint density at radius 1 is 1.60 bits per heavy atom. The van der Waals surface area contributed by atoms with E-state index in [2.05, 4.69) is 9.97 Å². The third-order valence-electron chi connectivity index (χ3n) is 2.15. The summed E-state index contributed by atoms with van der Waals surface area (Å²) >= 11 is 11.7. The van der Waals surface area contributed by atoms with Crippen molar-refractivity contribution in [1.29, 1.82) is 0 Å². The third kappa shape index (κ3) is 1.73. The van der Waals surface area contributed by atoms with Gasteiger partial charge < -0.3 is 4.98 Å². The quantitative estimate of drug-likeness (QED) is 0.650. The highest BCUT2D eigenvalue weighted by Crippen LogP contribution is 2.26. The van der Waals surface area contributed by atoms with Crippen LogP contribution in [0.4, 0.5) is 0 Å².